The van der Waals surface area contributed by atoms with Crippen LogP contribution in [0.25, 0.3) is 0 Å². The monoisotopic (exact) mass is 259 g/mol. The number of anilines is 1. The molecule has 7 nitrogen and oxygen atoms in total. The number of H-pyrrole nitrogens is 1. The lowest BCUT2D eigenvalue weighted by molar-refractivity contribution is 0.373. The summed E-state index contributed by atoms with van der Waals surface area (Å²) in [5.74, 6) is 0.254. The maximum Gasteiger partial charge on any atom is 0.346 e. The molecule has 0 bridgehead atoms. The van der Waals surface area contributed by atoms with Crippen molar-refractivity contribution in [3.8, 4) is 0 Å². The number of hydrogen-bond acceptors (Lipinski definition) is 4. The molecule has 1 heterocycles. The fourth-order valence-electron chi connectivity index (χ4n) is 1.17. The average molecular weight is 259 g/mol. The lowest BCUT2D eigenvalue weighted by atomic mass is 10.2. The number of nitrogen functional groups attached to an aromatic ring is 1. The zero-order valence-electron chi connectivity index (χ0n) is 9.04. The predicted octanol–water partition coefficient (Wildman–Crippen LogP) is 0.0186. The van der Waals surface area contributed by atoms with Gasteiger partial charge in [0, 0.05) is 11.8 Å². The highest BCUT2D eigenvalue weighted by atomic mass is 31.2. The fourth-order valence-corrected chi connectivity index (χ4v) is 1.65. The van der Waals surface area contributed by atoms with Gasteiger partial charge in [0.05, 0.1) is 6.16 Å². The molecule has 8 heteroatoms. The molecule has 0 aliphatic heterocycles. The van der Waals surface area contributed by atoms with E-state index in [4.69, 9.17) is 15.5 Å². The van der Waals surface area contributed by atoms with Crippen molar-refractivity contribution in [1.29, 1.82) is 0 Å². The number of allylic oxidation sites excluding steroid dienone is 2. The molecule has 1 aromatic rings. The van der Waals surface area contributed by atoms with Gasteiger partial charge in [-0.25, -0.2) is 9.78 Å². The van der Waals surface area contributed by atoms with E-state index >= 15 is 0 Å². The first-order chi connectivity index (χ1) is 7.88. The van der Waals surface area contributed by atoms with Crippen molar-refractivity contribution in [3.05, 3.63) is 34.4 Å². The molecule has 1 aromatic heterocycles. The summed E-state index contributed by atoms with van der Waals surface area (Å²) in [6.45, 7) is 0. The van der Waals surface area contributed by atoms with Crippen molar-refractivity contribution in [2.24, 2.45) is 0 Å². The molecule has 0 saturated heterocycles. The van der Waals surface area contributed by atoms with Gasteiger partial charge in [0.2, 0.25) is 0 Å². The first kappa shape index (κ1) is 13.6. The third kappa shape index (κ3) is 5.44. The van der Waals surface area contributed by atoms with Crippen molar-refractivity contribution >= 4 is 13.4 Å². The van der Waals surface area contributed by atoms with Gasteiger partial charge in [-0.05, 0) is 12.8 Å². The lowest BCUT2D eigenvalue weighted by Gasteiger charge is -2.01. The zero-order valence-corrected chi connectivity index (χ0v) is 9.93. The average Bonchev–Trinajstić information content (AvgIpc) is 2.18. The fraction of sp³-hybridized carbons (Fsp3) is 0.333. The molecular weight excluding hydrogens is 245 g/mol. The molecule has 0 radical (unpaired) electrons. The van der Waals surface area contributed by atoms with Crippen molar-refractivity contribution in [1.82, 2.24) is 9.97 Å². The van der Waals surface area contributed by atoms with Crippen LogP contribution in [0.5, 0.6) is 0 Å². The molecule has 0 spiro atoms. The Balaban J connectivity index is 2.48. The van der Waals surface area contributed by atoms with E-state index in [1.165, 1.54) is 6.20 Å². The first-order valence-corrected chi connectivity index (χ1v) is 6.71. The van der Waals surface area contributed by atoms with Crippen LogP contribution < -0.4 is 11.4 Å². The van der Waals surface area contributed by atoms with Gasteiger partial charge >= 0.3 is 13.3 Å². The highest BCUT2D eigenvalue weighted by Gasteiger charge is 2.09. The SMILES string of the molecule is Nc1[nH]c(=O)ncc1CC=CCCP(=O)(O)O. The van der Waals surface area contributed by atoms with Crippen LogP contribution in [0.2, 0.25) is 0 Å². The summed E-state index contributed by atoms with van der Waals surface area (Å²) in [6, 6.07) is 0. The lowest BCUT2D eigenvalue weighted by Crippen LogP contribution is -2.13. The van der Waals surface area contributed by atoms with Crippen LogP contribution >= 0.6 is 7.60 Å². The van der Waals surface area contributed by atoms with Gasteiger partial charge in [0.1, 0.15) is 5.82 Å². The van der Waals surface area contributed by atoms with Crippen LogP contribution in [0.4, 0.5) is 5.82 Å². The van der Waals surface area contributed by atoms with Crippen LogP contribution in [-0.4, -0.2) is 25.9 Å². The summed E-state index contributed by atoms with van der Waals surface area (Å²) >= 11 is 0. The van der Waals surface area contributed by atoms with E-state index < -0.39 is 13.3 Å². The molecule has 0 atom stereocenters. The Kier molecular flexibility index (Phi) is 4.62. The molecule has 17 heavy (non-hydrogen) atoms. The van der Waals surface area contributed by atoms with E-state index in [9.17, 15) is 9.36 Å². The molecular formula is C9H14N3O4P. The smallest absolute Gasteiger partial charge is 0.346 e. The molecule has 0 aromatic carbocycles. The van der Waals surface area contributed by atoms with Crippen LogP contribution in [0, 0.1) is 0 Å². The van der Waals surface area contributed by atoms with E-state index in [0.717, 1.165) is 0 Å². The van der Waals surface area contributed by atoms with Gasteiger partial charge in [0.15, 0.2) is 0 Å². The van der Waals surface area contributed by atoms with Crippen molar-refractivity contribution in [2.45, 2.75) is 12.8 Å². The maximum absolute atomic E-state index is 10.8. The number of aromatic amines is 1. The van der Waals surface area contributed by atoms with Crippen LogP contribution in [0.1, 0.15) is 12.0 Å². The molecule has 1 rings (SSSR count). The van der Waals surface area contributed by atoms with E-state index in [0.29, 0.717) is 18.4 Å². The van der Waals surface area contributed by atoms with Crippen LogP contribution in [0.3, 0.4) is 0 Å². The van der Waals surface area contributed by atoms with E-state index in [-0.39, 0.29) is 12.0 Å². The Morgan fingerprint density at radius 3 is 2.76 bits per heavy atom. The summed E-state index contributed by atoms with van der Waals surface area (Å²) in [5.41, 5.74) is 5.71. The number of nitrogens with zero attached hydrogens (tertiary/aromatic N) is 1. The Bertz CT molecular complexity index is 505. The van der Waals surface area contributed by atoms with Crippen molar-refractivity contribution in [2.75, 3.05) is 11.9 Å². The summed E-state index contributed by atoms with van der Waals surface area (Å²) in [5, 5.41) is 0. The summed E-state index contributed by atoms with van der Waals surface area (Å²) in [6.07, 6.45) is 5.33. The molecule has 0 amide bonds. The summed E-state index contributed by atoms with van der Waals surface area (Å²) < 4.78 is 10.5. The molecule has 0 unspecified atom stereocenters. The predicted molar refractivity (Wildman–Crippen MR) is 63.6 cm³/mol. The summed E-state index contributed by atoms with van der Waals surface area (Å²) in [7, 11) is -3.93. The Morgan fingerprint density at radius 2 is 2.18 bits per heavy atom. The Morgan fingerprint density at radius 1 is 1.47 bits per heavy atom. The van der Waals surface area contributed by atoms with Crippen molar-refractivity contribution in [3.63, 3.8) is 0 Å². The molecule has 5 N–H and O–H groups in total. The second-order valence-corrected chi connectivity index (χ2v) is 5.26. The zero-order chi connectivity index (χ0) is 12.9. The first-order valence-electron chi connectivity index (χ1n) is 4.92. The minimum absolute atomic E-state index is 0.178. The number of nitrogens with two attached hydrogens (primary N) is 1. The van der Waals surface area contributed by atoms with Gasteiger partial charge < -0.3 is 15.5 Å². The van der Waals surface area contributed by atoms with E-state index in [2.05, 4.69) is 9.97 Å². The standard InChI is InChI=1S/C9H14N3O4P/c10-8-7(6-11-9(13)12-8)4-2-1-3-5-17(14,15)16/h1-2,6H,3-5H2,(H2,14,15,16)(H3,10,11,12,13). The van der Waals surface area contributed by atoms with Crippen LogP contribution in [-0.2, 0) is 11.0 Å². The van der Waals surface area contributed by atoms with Crippen molar-refractivity contribution < 1.29 is 14.4 Å². The normalized spacial score (nSPS) is 12.1. The molecule has 0 saturated carbocycles. The minimum atomic E-state index is -3.93. The highest BCUT2D eigenvalue weighted by Crippen LogP contribution is 2.34. The minimum Gasteiger partial charge on any atom is -0.385 e. The third-order valence-electron chi connectivity index (χ3n) is 2.02. The Hall–Kier alpha value is -1.43. The maximum atomic E-state index is 10.8. The molecule has 0 aliphatic rings. The van der Waals surface area contributed by atoms with Crippen LogP contribution in [0.15, 0.2) is 23.1 Å². The summed E-state index contributed by atoms with van der Waals surface area (Å²) in [4.78, 5) is 33.9. The van der Waals surface area contributed by atoms with Gasteiger partial charge in [-0.15, -0.1) is 0 Å². The number of hydrogen-bond donors (Lipinski definition) is 4. The number of aromatic nitrogens is 2. The largest absolute Gasteiger partial charge is 0.385 e. The molecule has 94 valence electrons. The Labute approximate surface area is 97.6 Å². The highest BCUT2D eigenvalue weighted by molar-refractivity contribution is 7.51. The third-order valence-corrected chi connectivity index (χ3v) is 2.86. The second kappa shape index (κ2) is 5.77. The van der Waals surface area contributed by atoms with Gasteiger partial charge in [0.25, 0.3) is 0 Å². The molecule has 0 fully saturated rings. The number of rotatable bonds is 5. The van der Waals surface area contributed by atoms with E-state index in [1.807, 2.05) is 0 Å². The second-order valence-electron chi connectivity index (χ2n) is 3.48. The van der Waals surface area contributed by atoms with E-state index in [1.54, 1.807) is 12.2 Å². The topological polar surface area (TPSA) is 129 Å². The molecule has 0 aliphatic carbocycles. The quantitative estimate of drug-likeness (QED) is 0.435. The van der Waals surface area contributed by atoms with Gasteiger partial charge in [-0.3, -0.25) is 9.55 Å². The van der Waals surface area contributed by atoms with Gasteiger partial charge in [-0.2, -0.15) is 0 Å². The number of nitrogens with one attached hydrogen (secondary N) is 1. The van der Waals surface area contributed by atoms with Gasteiger partial charge in [-0.1, -0.05) is 12.2 Å².